The van der Waals surface area contributed by atoms with Gasteiger partial charge in [0.25, 0.3) is 5.91 Å². The van der Waals surface area contributed by atoms with Gasteiger partial charge in [-0.1, -0.05) is 12.1 Å². The highest BCUT2D eigenvalue weighted by Gasteiger charge is 2.39. The van der Waals surface area contributed by atoms with E-state index >= 15 is 0 Å². The van der Waals surface area contributed by atoms with Crippen molar-refractivity contribution in [1.29, 1.82) is 0 Å². The van der Waals surface area contributed by atoms with Gasteiger partial charge in [0.05, 0.1) is 12.7 Å². The van der Waals surface area contributed by atoms with Gasteiger partial charge in [0.2, 0.25) is 5.75 Å². The second kappa shape index (κ2) is 4.75. The van der Waals surface area contributed by atoms with Gasteiger partial charge in [0.15, 0.2) is 5.75 Å². The van der Waals surface area contributed by atoms with Gasteiger partial charge in [-0.15, -0.1) is 0 Å². The zero-order valence-electron chi connectivity index (χ0n) is 11.4. The van der Waals surface area contributed by atoms with Crippen LogP contribution < -0.4 is 10.3 Å². The maximum atomic E-state index is 11.3. The van der Waals surface area contributed by atoms with Crippen LogP contribution in [0.25, 0.3) is 6.08 Å². The Balaban J connectivity index is 1.60. The van der Waals surface area contributed by atoms with Gasteiger partial charge in [-0.3, -0.25) is 9.69 Å². The van der Waals surface area contributed by atoms with Crippen molar-refractivity contribution in [3.05, 3.63) is 29.3 Å². The fourth-order valence-electron chi connectivity index (χ4n) is 3.19. The van der Waals surface area contributed by atoms with Crippen molar-refractivity contribution >= 4 is 12.0 Å². The number of aromatic hydroxyl groups is 1. The first kappa shape index (κ1) is 12.7. The van der Waals surface area contributed by atoms with Crippen molar-refractivity contribution in [2.75, 3.05) is 13.2 Å². The summed E-state index contributed by atoms with van der Waals surface area (Å²) in [7, 11) is 0. The van der Waals surface area contributed by atoms with Gasteiger partial charge in [-0.25, -0.2) is 0 Å². The molecule has 2 N–H and O–H groups in total. The predicted octanol–water partition coefficient (Wildman–Crippen LogP) is 0.802. The molecule has 0 aromatic heterocycles. The number of amides is 1. The largest absolute Gasteiger partial charge is 0.504 e. The summed E-state index contributed by atoms with van der Waals surface area (Å²) >= 11 is 0. The molecule has 0 aliphatic carbocycles. The molecule has 2 saturated heterocycles. The molecule has 2 atom stereocenters. The molecule has 6 heteroatoms. The van der Waals surface area contributed by atoms with Crippen LogP contribution in [0.15, 0.2) is 18.2 Å². The Kier molecular flexibility index (Phi) is 2.87. The van der Waals surface area contributed by atoms with Gasteiger partial charge in [-0.05, 0) is 12.5 Å². The lowest BCUT2D eigenvalue weighted by molar-refractivity contribution is -0.122. The standard InChI is InChI=1S/C15H16N2O4/c18-13-4-3-9-1-2-10(14(19)15(9)21-16-13)6-17-7-12-5-11(17)8-20-12/h1-4,11-12,19H,5-8H2,(H,16,18). The number of carbonyl (C=O) groups excluding carboxylic acids is 1. The first-order valence-electron chi connectivity index (χ1n) is 7.06. The Hall–Kier alpha value is -2.05. The summed E-state index contributed by atoms with van der Waals surface area (Å²) in [6.07, 6.45) is 4.41. The normalized spacial score (nSPS) is 27.1. The molecular formula is C15H16N2O4. The summed E-state index contributed by atoms with van der Waals surface area (Å²) in [4.78, 5) is 18.8. The summed E-state index contributed by atoms with van der Waals surface area (Å²) in [6.45, 7) is 2.33. The van der Waals surface area contributed by atoms with Crippen molar-refractivity contribution in [1.82, 2.24) is 10.4 Å². The molecule has 3 heterocycles. The van der Waals surface area contributed by atoms with Crippen LogP contribution in [-0.4, -0.2) is 41.2 Å². The highest BCUT2D eigenvalue weighted by atomic mass is 16.7. The van der Waals surface area contributed by atoms with Crippen molar-refractivity contribution in [2.45, 2.75) is 25.1 Å². The number of morpholine rings is 1. The van der Waals surface area contributed by atoms with Crippen LogP contribution in [0.5, 0.6) is 11.5 Å². The third-order valence-electron chi connectivity index (χ3n) is 4.30. The van der Waals surface area contributed by atoms with E-state index in [4.69, 9.17) is 9.57 Å². The molecule has 1 aromatic carbocycles. The number of likely N-dealkylation sites (tertiary alicyclic amines) is 1. The van der Waals surface area contributed by atoms with Gasteiger partial charge >= 0.3 is 0 Å². The molecule has 110 valence electrons. The number of nitrogens with one attached hydrogen (secondary N) is 1. The van der Waals surface area contributed by atoms with E-state index in [1.165, 1.54) is 6.08 Å². The second-order valence-corrected chi connectivity index (χ2v) is 5.67. The number of phenols is 1. The van der Waals surface area contributed by atoms with Crippen LogP contribution in [0.3, 0.4) is 0 Å². The highest BCUT2D eigenvalue weighted by molar-refractivity contribution is 5.92. The molecule has 3 aliphatic heterocycles. The van der Waals surface area contributed by atoms with Crippen LogP contribution >= 0.6 is 0 Å². The molecule has 2 unspecified atom stereocenters. The number of benzene rings is 1. The zero-order valence-corrected chi connectivity index (χ0v) is 11.4. The molecule has 3 aliphatic rings. The monoisotopic (exact) mass is 288 g/mol. The Morgan fingerprint density at radius 1 is 1.38 bits per heavy atom. The summed E-state index contributed by atoms with van der Waals surface area (Å²) in [5.74, 6) is 0.0411. The number of hydroxylamine groups is 1. The lowest BCUT2D eigenvalue weighted by Gasteiger charge is -2.27. The van der Waals surface area contributed by atoms with Crippen LogP contribution in [0.1, 0.15) is 17.5 Å². The van der Waals surface area contributed by atoms with E-state index in [0.717, 1.165) is 25.1 Å². The SMILES string of the molecule is O=C1C=Cc2ccc(CN3CC4CC3CO4)c(O)c2ON1. The molecule has 2 bridgehead atoms. The summed E-state index contributed by atoms with van der Waals surface area (Å²) in [6, 6.07) is 4.17. The maximum Gasteiger partial charge on any atom is 0.276 e. The number of phenolic OH excluding ortho intramolecular Hbond substituents is 1. The zero-order chi connectivity index (χ0) is 14.4. The average Bonchev–Trinajstić information content (AvgIpc) is 3.03. The van der Waals surface area contributed by atoms with E-state index in [9.17, 15) is 9.90 Å². The van der Waals surface area contributed by atoms with Gasteiger partial charge < -0.3 is 14.7 Å². The molecular weight excluding hydrogens is 272 g/mol. The van der Waals surface area contributed by atoms with E-state index in [0.29, 0.717) is 30.0 Å². The molecule has 0 spiro atoms. The number of ether oxygens (including phenoxy) is 1. The van der Waals surface area contributed by atoms with Crippen LogP contribution in [-0.2, 0) is 16.1 Å². The molecule has 2 fully saturated rings. The molecule has 1 amide bonds. The lowest BCUT2D eigenvalue weighted by Crippen LogP contribution is -2.36. The lowest BCUT2D eigenvalue weighted by atomic mass is 10.1. The number of rotatable bonds is 2. The minimum absolute atomic E-state index is 0.0861. The van der Waals surface area contributed by atoms with Crippen molar-refractivity contribution in [3.63, 3.8) is 0 Å². The number of hydrogen-bond donors (Lipinski definition) is 2. The van der Waals surface area contributed by atoms with E-state index in [2.05, 4.69) is 10.4 Å². The number of fused-ring (bicyclic) bond motifs is 3. The topological polar surface area (TPSA) is 71.0 Å². The molecule has 4 rings (SSSR count). The van der Waals surface area contributed by atoms with Gasteiger partial charge in [0.1, 0.15) is 0 Å². The van der Waals surface area contributed by atoms with E-state index in [1.54, 1.807) is 6.08 Å². The van der Waals surface area contributed by atoms with Crippen molar-refractivity contribution < 1.29 is 19.5 Å². The van der Waals surface area contributed by atoms with Crippen LogP contribution in [0.4, 0.5) is 0 Å². The fourth-order valence-corrected chi connectivity index (χ4v) is 3.19. The first-order valence-corrected chi connectivity index (χ1v) is 7.06. The van der Waals surface area contributed by atoms with Gasteiger partial charge in [0, 0.05) is 36.3 Å². The number of nitrogens with zero attached hydrogens (tertiary/aromatic N) is 1. The van der Waals surface area contributed by atoms with Crippen LogP contribution in [0.2, 0.25) is 0 Å². The Morgan fingerprint density at radius 2 is 2.29 bits per heavy atom. The number of hydrogen-bond acceptors (Lipinski definition) is 5. The minimum Gasteiger partial charge on any atom is -0.504 e. The third-order valence-corrected chi connectivity index (χ3v) is 4.30. The van der Waals surface area contributed by atoms with Crippen molar-refractivity contribution in [2.24, 2.45) is 0 Å². The Morgan fingerprint density at radius 3 is 3.05 bits per heavy atom. The third kappa shape index (κ3) is 2.16. The minimum atomic E-state index is -0.346. The second-order valence-electron chi connectivity index (χ2n) is 5.67. The first-order chi connectivity index (χ1) is 10.2. The Labute approximate surface area is 121 Å². The summed E-state index contributed by atoms with van der Waals surface area (Å²) < 4.78 is 5.58. The average molecular weight is 288 g/mol. The smallest absolute Gasteiger partial charge is 0.276 e. The molecule has 6 nitrogen and oxygen atoms in total. The maximum absolute atomic E-state index is 11.3. The fraction of sp³-hybridized carbons (Fsp3) is 0.400. The van der Waals surface area contributed by atoms with Gasteiger partial charge in [-0.2, -0.15) is 5.48 Å². The van der Waals surface area contributed by atoms with E-state index in [-0.39, 0.29) is 11.7 Å². The Bertz CT molecular complexity index is 628. The van der Waals surface area contributed by atoms with Crippen LogP contribution in [0, 0.1) is 0 Å². The quantitative estimate of drug-likeness (QED) is 0.842. The number of carbonyl (C=O) groups is 1. The van der Waals surface area contributed by atoms with E-state index in [1.807, 2.05) is 12.1 Å². The molecule has 21 heavy (non-hydrogen) atoms. The highest BCUT2D eigenvalue weighted by Crippen LogP contribution is 2.37. The molecule has 0 radical (unpaired) electrons. The summed E-state index contributed by atoms with van der Waals surface area (Å²) in [5, 5.41) is 10.4. The van der Waals surface area contributed by atoms with E-state index < -0.39 is 0 Å². The summed E-state index contributed by atoms with van der Waals surface area (Å²) in [5.41, 5.74) is 3.75. The van der Waals surface area contributed by atoms with Crippen molar-refractivity contribution in [3.8, 4) is 11.5 Å². The molecule has 0 saturated carbocycles. The molecule has 1 aromatic rings. The predicted molar refractivity (Wildman–Crippen MR) is 74.5 cm³/mol.